The number of hydrogen-bond acceptors (Lipinski definition) is 5. The zero-order chi connectivity index (χ0) is 17.1. The highest BCUT2D eigenvalue weighted by atomic mass is 35.5. The number of amides is 1. The Morgan fingerprint density at radius 1 is 1.12 bits per heavy atom. The van der Waals surface area contributed by atoms with E-state index in [-0.39, 0.29) is 5.91 Å². The van der Waals surface area contributed by atoms with Crippen LogP contribution in [0.2, 0.25) is 5.02 Å². The number of hydrogen-bond donors (Lipinski definition) is 1. The van der Waals surface area contributed by atoms with Gasteiger partial charge in [-0.15, -0.1) is 0 Å². The largest absolute Gasteiger partial charge is 0.423 e. The maximum Gasteiger partial charge on any atom is 0.343 e. The highest BCUT2D eigenvalue weighted by Gasteiger charge is 2.21. The Morgan fingerprint density at radius 2 is 1.79 bits per heavy atom. The summed E-state index contributed by atoms with van der Waals surface area (Å²) < 4.78 is 5.74. The number of ether oxygens (including phenoxy) is 1. The minimum Gasteiger partial charge on any atom is -0.423 e. The first kappa shape index (κ1) is 16.7. The minimum absolute atomic E-state index is 0.205. The third kappa shape index (κ3) is 4.03. The molecule has 0 atom stereocenters. The average Bonchev–Trinajstić information content (AvgIpc) is 2.87. The molecule has 1 saturated heterocycles. The molecule has 7 heteroatoms. The monoisotopic (exact) mass is 375 g/mol. The SMILES string of the molecule is O=C1NC(=S)SC1=Cc1ccc(OC(=O)c2ccc(Cl)cc2)cc1. The third-order valence-electron chi connectivity index (χ3n) is 3.11. The van der Waals surface area contributed by atoms with E-state index >= 15 is 0 Å². The van der Waals surface area contributed by atoms with Crippen molar-refractivity contribution in [2.45, 2.75) is 0 Å². The summed E-state index contributed by atoms with van der Waals surface area (Å²) in [4.78, 5) is 24.2. The smallest absolute Gasteiger partial charge is 0.343 e. The summed E-state index contributed by atoms with van der Waals surface area (Å²) in [6.07, 6.45) is 1.73. The van der Waals surface area contributed by atoms with Crippen molar-refractivity contribution in [1.82, 2.24) is 5.32 Å². The molecule has 0 bridgehead atoms. The number of benzene rings is 2. The second kappa shape index (κ2) is 7.17. The summed E-state index contributed by atoms with van der Waals surface area (Å²) in [5.41, 5.74) is 1.22. The van der Waals surface area contributed by atoms with E-state index in [1.54, 1.807) is 54.6 Å². The zero-order valence-corrected chi connectivity index (χ0v) is 14.5. The standard InChI is InChI=1S/C17H10ClNO3S2/c18-12-5-3-11(4-6-12)16(21)22-13-7-1-10(2-8-13)9-14-15(20)19-17(23)24-14/h1-9H,(H,19,20,23). The van der Waals surface area contributed by atoms with Crippen LogP contribution in [0.1, 0.15) is 15.9 Å². The second-order valence-electron chi connectivity index (χ2n) is 4.82. The van der Waals surface area contributed by atoms with Crippen molar-refractivity contribution < 1.29 is 14.3 Å². The van der Waals surface area contributed by atoms with Gasteiger partial charge >= 0.3 is 5.97 Å². The van der Waals surface area contributed by atoms with Crippen molar-refractivity contribution in [3.8, 4) is 5.75 Å². The number of rotatable bonds is 3. The van der Waals surface area contributed by atoms with Crippen molar-refractivity contribution in [1.29, 1.82) is 0 Å². The highest BCUT2D eigenvalue weighted by molar-refractivity contribution is 8.26. The molecule has 24 heavy (non-hydrogen) atoms. The van der Waals surface area contributed by atoms with E-state index in [1.807, 2.05) is 0 Å². The first-order valence-corrected chi connectivity index (χ1v) is 8.44. The van der Waals surface area contributed by atoms with Crippen LogP contribution in [0.15, 0.2) is 53.4 Å². The molecule has 2 aromatic carbocycles. The van der Waals surface area contributed by atoms with E-state index in [1.165, 1.54) is 11.8 Å². The lowest BCUT2D eigenvalue weighted by Gasteiger charge is -2.05. The maximum atomic E-state index is 12.0. The van der Waals surface area contributed by atoms with E-state index in [0.717, 1.165) is 5.56 Å². The molecule has 1 amide bonds. The fourth-order valence-electron chi connectivity index (χ4n) is 1.96. The van der Waals surface area contributed by atoms with Gasteiger partial charge in [-0.1, -0.05) is 47.7 Å². The number of thioether (sulfide) groups is 1. The molecule has 0 saturated carbocycles. The van der Waals surface area contributed by atoms with Crippen LogP contribution in [0, 0.1) is 0 Å². The normalized spacial score (nSPS) is 15.5. The Morgan fingerprint density at radius 3 is 2.38 bits per heavy atom. The van der Waals surface area contributed by atoms with Gasteiger partial charge in [-0.05, 0) is 48.0 Å². The predicted octanol–water partition coefficient (Wildman–Crippen LogP) is 4.05. The van der Waals surface area contributed by atoms with Crippen molar-refractivity contribution in [2.24, 2.45) is 0 Å². The summed E-state index contributed by atoms with van der Waals surface area (Å²) in [5.74, 6) is -0.256. The molecule has 2 aromatic rings. The Hall–Kier alpha value is -2.15. The van der Waals surface area contributed by atoms with Gasteiger partial charge in [0.2, 0.25) is 0 Å². The molecule has 4 nitrogen and oxygen atoms in total. The molecule has 0 radical (unpaired) electrons. The van der Waals surface area contributed by atoms with Crippen LogP contribution < -0.4 is 10.1 Å². The van der Waals surface area contributed by atoms with Crippen LogP contribution in [0.4, 0.5) is 0 Å². The third-order valence-corrected chi connectivity index (χ3v) is 4.53. The van der Waals surface area contributed by atoms with Crippen LogP contribution in [-0.2, 0) is 4.79 Å². The minimum atomic E-state index is -0.464. The van der Waals surface area contributed by atoms with Gasteiger partial charge < -0.3 is 10.1 Å². The Labute approximate surface area is 152 Å². The number of carbonyl (C=O) groups is 2. The topological polar surface area (TPSA) is 55.4 Å². The van der Waals surface area contributed by atoms with E-state index in [0.29, 0.717) is 25.6 Å². The summed E-state index contributed by atoms with van der Waals surface area (Å²) in [7, 11) is 0. The Balaban J connectivity index is 1.69. The lowest BCUT2D eigenvalue weighted by Crippen LogP contribution is -2.17. The second-order valence-corrected chi connectivity index (χ2v) is 6.97. The first-order valence-electron chi connectivity index (χ1n) is 6.84. The fourth-order valence-corrected chi connectivity index (χ4v) is 3.13. The summed E-state index contributed by atoms with van der Waals surface area (Å²) in [5, 5.41) is 3.11. The van der Waals surface area contributed by atoms with E-state index in [4.69, 9.17) is 28.6 Å². The maximum absolute atomic E-state index is 12.0. The zero-order valence-electron chi connectivity index (χ0n) is 12.1. The van der Waals surface area contributed by atoms with E-state index in [2.05, 4.69) is 5.32 Å². The van der Waals surface area contributed by atoms with Gasteiger partial charge in [-0.25, -0.2) is 4.79 Å². The molecule has 0 unspecified atom stereocenters. The van der Waals surface area contributed by atoms with Gasteiger partial charge in [0.1, 0.15) is 10.1 Å². The van der Waals surface area contributed by atoms with Gasteiger partial charge in [0.25, 0.3) is 5.91 Å². The van der Waals surface area contributed by atoms with Crippen molar-refractivity contribution in [2.75, 3.05) is 0 Å². The van der Waals surface area contributed by atoms with E-state index in [9.17, 15) is 9.59 Å². The number of thiocarbonyl (C=S) groups is 1. The van der Waals surface area contributed by atoms with Gasteiger partial charge in [0.05, 0.1) is 10.5 Å². The lowest BCUT2D eigenvalue weighted by molar-refractivity contribution is -0.115. The quantitative estimate of drug-likeness (QED) is 0.379. The van der Waals surface area contributed by atoms with Crippen LogP contribution in [0.5, 0.6) is 5.75 Å². The number of halogens is 1. The Kier molecular flexibility index (Phi) is 4.99. The van der Waals surface area contributed by atoms with Gasteiger partial charge in [-0.3, -0.25) is 4.79 Å². The molecule has 0 spiro atoms. The molecule has 0 aromatic heterocycles. The number of carbonyl (C=O) groups excluding carboxylic acids is 2. The Bertz CT molecular complexity index is 845. The molecule has 1 aliphatic heterocycles. The van der Waals surface area contributed by atoms with Gasteiger partial charge in [0.15, 0.2) is 0 Å². The van der Waals surface area contributed by atoms with Gasteiger partial charge in [0, 0.05) is 5.02 Å². The average molecular weight is 376 g/mol. The molecular formula is C17H10ClNO3S2. The van der Waals surface area contributed by atoms with Crippen LogP contribution in [0.25, 0.3) is 6.08 Å². The molecule has 1 heterocycles. The summed E-state index contributed by atoms with van der Waals surface area (Å²) in [6, 6.07) is 13.3. The van der Waals surface area contributed by atoms with Crippen molar-refractivity contribution in [3.05, 3.63) is 69.6 Å². The van der Waals surface area contributed by atoms with Crippen LogP contribution in [0.3, 0.4) is 0 Å². The summed E-state index contributed by atoms with van der Waals surface area (Å²) in [6.45, 7) is 0. The molecule has 1 aliphatic rings. The van der Waals surface area contributed by atoms with Crippen LogP contribution >= 0.6 is 35.6 Å². The molecule has 1 N–H and O–H groups in total. The van der Waals surface area contributed by atoms with E-state index < -0.39 is 5.97 Å². The van der Waals surface area contributed by atoms with Crippen LogP contribution in [-0.4, -0.2) is 16.2 Å². The lowest BCUT2D eigenvalue weighted by atomic mass is 10.2. The molecule has 3 rings (SSSR count). The molecular weight excluding hydrogens is 366 g/mol. The molecule has 1 fully saturated rings. The van der Waals surface area contributed by atoms with Gasteiger partial charge in [-0.2, -0.15) is 0 Å². The molecule has 120 valence electrons. The first-order chi connectivity index (χ1) is 11.5. The predicted molar refractivity (Wildman–Crippen MR) is 99.2 cm³/mol. The highest BCUT2D eigenvalue weighted by Crippen LogP contribution is 2.26. The molecule has 0 aliphatic carbocycles. The number of esters is 1. The summed E-state index contributed by atoms with van der Waals surface area (Å²) >= 11 is 11.9. The fraction of sp³-hybridized carbons (Fsp3) is 0. The van der Waals surface area contributed by atoms with Crippen molar-refractivity contribution >= 4 is 57.9 Å². The van der Waals surface area contributed by atoms with Crippen molar-refractivity contribution in [3.63, 3.8) is 0 Å². The number of nitrogens with one attached hydrogen (secondary N) is 1.